The molecule has 0 aliphatic carbocycles. The average molecular weight is 324 g/mol. The minimum atomic E-state index is -1.05. The maximum atomic E-state index is 12.3. The summed E-state index contributed by atoms with van der Waals surface area (Å²) < 4.78 is 0. The summed E-state index contributed by atoms with van der Waals surface area (Å²) in [6.45, 7) is 2.15. The molecule has 0 unspecified atom stereocenters. The maximum Gasteiger partial charge on any atom is 0.335 e. The Morgan fingerprint density at radius 3 is 2.25 bits per heavy atom. The Hall–Kier alpha value is -2.82. The van der Waals surface area contributed by atoms with Crippen LogP contribution in [-0.4, -0.2) is 30.1 Å². The first-order valence-corrected chi connectivity index (χ1v) is 8.13. The van der Waals surface area contributed by atoms with Crippen LogP contribution in [0.15, 0.2) is 48.5 Å². The zero-order chi connectivity index (χ0) is 16.9. The van der Waals surface area contributed by atoms with Gasteiger partial charge in [0.1, 0.15) is 0 Å². The van der Waals surface area contributed by atoms with Gasteiger partial charge in [0.15, 0.2) is 0 Å². The third-order valence-electron chi connectivity index (χ3n) is 4.22. The predicted octanol–water partition coefficient (Wildman–Crippen LogP) is 3.63. The van der Waals surface area contributed by atoms with Gasteiger partial charge in [-0.25, -0.2) is 4.79 Å². The van der Waals surface area contributed by atoms with Gasteiger partial charge in [-0.05, 0) is 61.7 Å². The molecular formula is C19H20N2O3. The van der Waals surface area contributed by atoms with Gasteiger partial charge in [-0.2, -0.15) is 0 Å². The van der Waals surface area contributed by atoms with Crippen LogP contribution in [-0.2, 0) is 0 Å². The average Bonchev–Trinajstić information content (AvgIpc) is 2.63. The van der Waals surface area contributed by atoms with Crippen molar-refractivity contribution in [1.82, 2.24) is 0 Å². The van der Waals surface area contributed by atoms with Gasteiger partial charge in [0.25, 0.3) is 5.91 Å². The molecule has 2 aromatic rings. The number of nitrogens with one attached hydrogen (secondary N) is 1. The summed E-state index contributed by atoms with van der Waals surface area (Å²) in [4.78, 5) is 25.6. The normalized spacial score (nSPS) is 14.2. The Morgan fingerprint density at radius 1 is 0.917 bits per heavy atom. The summed E-state index contributed by atoms with van der Waals surface area (Å²) in [5.74, 6) is -1.36. The lowest BCUT2D eigenvalue weighted by atomic mass is 10.1. The molecule has 3 rings (SSSR count). The number of piperidine rings is 1. The molecule has 0 aromatic heterocycles. The predicted molar refractivity (Wildman–Crippen MR) is 93.9 cm³/mol. The fourth-order valence-corrected chi connectivity index (χ4v) is 2.90. The van der Waals surface area contributed by atoms with Crippen molar-refractivity contribution < 1.29 is 14.7 Å². The van der Waals surface area contributed by atoms with Gasteiger partial charge in [-0.15, -0.1) is 0 Å². The van der Waals surface area contributed by atoms with E-state index in [-0.39, 0.29) is 11.5 Å². The smallest absolute Gasteiger partial charge is 0.335 e. The van der Waals surface area contributed by atoms with Crippen molar-refractivity contribution >= 4 is 23.3 Å². The first kappa shape index (κ1) is 16.1. The van der Waals surface area contributed by atoms with E-state index in [1.165, 1.54) is 37.1 Å². The quantitative estimate of drug-likeness (QED) is 0.901. The zero-order valence-electron chi connectivity index (χ0n) is 13.4. The lowest BCUT2D eigenvalue weighted by Gasteiger charge is -2.28. The largest absolute Gasteiger partial charge is 0.478 e. The van der Waals surface area contributed by atoms with Crippen LogP contribution in [0.25, 0.3) is 0 Å². The van der Waals surface area contributed by atoms with Crippen LogP contribution in [0.2, 0.25) is 0 Å². The van der Waals surface area contributed by atoms with Crippen molar-refractivity contribution in [3.05, 3.63) is 59.7 Å². The Labute approximate surface area is 140 Å². The van der Waals surface area contributed by atoms with Gasteiger partial charge in [0, 0.05) is 30.0 Å². The van der Waals surface area contributed by atoms with Crippen LogP contribution in [0.1, 0.15) is 40.0 Å². The van der Waals surface area contributed by atoms with Crippen LogP contribution in [0.5, 0.6) is 0 Å². The number of hydrogen-bond donors (Lipinski definition) is 2. The molecular weight excluding hydrogens is 304 g/mol. The van der Waals surface area contributed by atoms with Crippen molar-refractivity contribution in [2.24, 2.45) is 0 Å². The van der Waals surface area contributed by atoms with Crippen molar-refractivity contribution in [2.45, 2.75) is 19.3 Å². The molecule has 2 N–H and O–H groups in total. The Bertz CT molecular complexity index is 735. The van der Waals surface area contributed by atoms with Gasteiger partial charge >= 0.3 is 5.97 Å². The summed E-state index contributed by atoms with van der Waals surface area (Å²) in [5.41, 5.74) is 2.29. The summed E-state index contributed by atoms with van der Waals surface area (Å²) in [5, 5.41) is 11.8. The van der Waals surface area contributed by atoms with E-state index in [1.807, 2.05) is 24.3 Å². The van der Waals surface area contributed by atoms with Gasteiger partial charge < -0.3 is 15.3 Å². The molecule has 2 aromatic carbocycles. The van der Waals surface area contributed by atoms with E-state index in [9.17, 15) is 9.59 Å². The highest BCUT2D eigenvalue weighted by Crippen LogP contribution is 2.22. The minimum Gasteiger partial charge on any atom is -0.478 e. The Morgan fingerprint density at radius 2 is 1.58 bits per heavy atom. The standard InChI is InChI=1S/C19H20N2O3/c22-18(14-5-4-6-15(13-14)19(23)24)20-16-7-9-17(10-8-16)21-11-2-1-3-12-21/h4-10,13H,1-3,11-12H2,(H,20,22)(H,23,24). The molecule has 1 fully saturated rings. The molecule has 0 saturated carbocycles. The molecule has 1 heterocycles. The third kappa shape index (κ3) is 3.74. The summed E-state index contributed by atoms with van der Waals surface area (Å²) in [7, 11) is 0. The lowest BCUT2D eigenvalue weighted by molar-refractivity contribution is 0.0697. The number of carboxylic acids is 1. The molecule has 1 amide bonds. The molecule has 0 radical (unpaired) electrons. The number of nitrogens with zero attached hydrogens (tertiary/aromatic N) is 1. The van der Waals surface area contributed by atoms with E-state index in [0.29, 0.717) is 11.3 Å². The third-order valence-corrected chi connectivity index (χ3v) is 4.22. The fourth-order valence-electron chi connectivity index (χ4n) is 2.90. The first-order valence-electron chi connectivity index (χ1n) is 8.13. The maximum absolute atomic E-state index is 12.3. The first-order chi connectivity index (χ1) is 11.6. The highest BCUT2D eigenvalue weighted by atomic mass is 16.4. The summed E-state index contributed by atoms with van der Waals surface area (Å²) in [6.07, 6.45) is 3.73. The van der Waals surface area contributed by atoms with E-state index in [1.54, 1.807) is 12.1 Å². The topological polar surface area (TPSA) is 69.6 Å². The number of amides is 1. The number of aromatic carboxylic acids is 1. The molecule has 24 heavy (non-hydrogen) atoms. The summed E-state index contributed by atoms with van der Waals surface area (Å²) >= 11 is 0. The van der Waals surface area contributed by atoms with Crippen molar-refractivity contribution in [1.29, 1.82) is 0 Å². The van der Waals surface area contributed by atoms with Crippen molar-refractivity contribution in [3.8, 4) is 0 Å². The van der Waals surface area contributed by atoms with Crippen molar-refractivity contribution in [3.63, 3.8) is 0 Å². The molecule has 0 spiro atoms. The van der Waals surface area contributed by atoms with Gasteiger partial charge in [-0.3, -0.25) is 4.79 Å². The SMILES string of the molecule is O=C(O)c1cccc(C(=O)Nc2ccc(N3CCCCC3)cc2)c1. The lowest BCUT2D eigenvalue weighted by Crippen LogP contribution is -2.29. The number of hydrogen-bond acceptors (Lipinski definition) is 3. The van der Waals surface area contributed by atoms with E-state index in [4.69, 9.17) is 5.11 Å². The van der Waals surface area contributed by atoms with Crippen LogP contribution in [0.3, 0.4) is 0 Å². The van der Waals surface area contributed by atoms with Crippen LogP contribution in [0.4, 0.5) is 11.4 Å². The number of rotatable bonds is 4. The molecule has 0 bridgehead atoms. The van der Waals surface area contributed by atoms with Crippen LogP contribution in [0, 0.1) is 0 Å². The molecule has 1 aliphatic heterocycles. The minimum absolute atomic E-state index is 0.100. The highest BCUT2D eigenvalue weighted by Gasteiger charge is 2.12. The zero-order valence-corrected chi connectivity index (χ0v) is 13.4. The van der Waals surface area contributed by atoms with Crippen LogP contribution >= 0.6 is 0 Å². The molecule has 5 nitrogen and oxygen atoms in total. The van der Waals surface area contributed by atoms with E-state index >= 15 is 0 Å². The monoisotopic (exact) mass is 324 g/mol. The fraction of sp³-hybridized carbons (Fsp3) is 0.263. The Kier molecular flexibility index (Phi) is 4.79. The van der Waals surface area contributed by atoms with Crippen LogP contribution < -0.4 is 10.2 Å². The number of benzene rings is 2. The number of carboxylic acid groups (broad SMARTS) is 1. The second-order valence-corrected chi connectivity index (χ2v) is 5.93. The highest BCUT2D eigenvalue weighted by molar-refractivity contribution is 6.05. The molecule has 1 saturated heterocycles. The summed E-state index contributed by atoms with van der Waals surface area (Å²) in [6, 6.07) is 13.8. The number of anilines is 2. The van der Waals surface area contributed by atoms with Crippen molar-refractivity contribution in [2.75, 3.05) is 23.3 Å². The van der Waals surface area contributed by atoms with E-state index < -0.39 is 5.97 Å². The number of carbonyl (C=O) groups excluding carboxylic acids is 1. The second-order valence-electron chi connectivity index (χ2n) is 5.93. The Balaban J connectivity index is 1.68. The number of carbonyl (C=O) groups is 2. The molecule has 0 atom stereocenters. The second kappa shape index (κ2) is 7.17. The van der Waals surface area contributed by atoms with E-state index in [0.717, 1.165) is 13.1 Å². The van der Waals surface area contributed by atoms with E-state index in [2.05, 4.69) is 10.2 Å². The van der Waals surface area contributed by atoms with Gasteiger partial charge in [0.05, 0.1) is 5.56 Å². The molecule has 5 heteroatoms. The van der Waals surface area contributed by atoms with Gasteiger partial charge in [-0.1, -0.05) is 6.07 Å². The van der Waals surface area contributed by atoms with Gasteiger partial charge in [0.2, 0.25) is 0 Å². The molecule has 1 aliphatic rings. The molecule has 124 valence electrons.